The standard InChI is InChI=1S/C22H30ClNO5/c1-5-28-19-13-16(12-17(23)21(19)27-4)10-11-20(25)29-15(3)22(26)24-18-9-7-6-8-14(18)2/h10-15,18H,5-9H2,1-4H3,(H,24,26)/b11-10+/t14-,15-,18+/m0/s1. The number of amides is 1. The molecular formula is C22H30ClNO5. The van der Waals surface area contributed by atoms with Crippen LogP contribution < -0.4 is 14.8 Å². The highest BCUT2D eigenvalue weighted by Crippen LogP contribution is 2.36. The Morgan fingerprint density at radius 2 is 2.03 bits per heavy atom. The first kappa shape index (κ1) is 23.1. The van der Waals surface area contributed by atoms with Gasteiger partial charge in [0.15, 0.2) is 17.6 Å². The summed E-state index contributed by atoms with van der Waals surface area (Å²) >= 11 is 6.21. The smallest absolute Gasteiger partial charge is 0.331 e. The molecule has 1 fully saturated rings. The van der Waals surface area contributed by atoms with Crippen LogP contribution in [0.1, 0.15) is 52.0 Å². The molecule has 0 bridgehead atoms. The molecule has 0 spiro atoms. The van der Waals surface area contributed by atoms with E-state index in [0.717, 1.165) is 19.3 Å². The minimum absolute atomic E-state index is 0.145. The van der Waals surface area contributed by atoms with Crippen LogP contribution in [0.3, 0.4) is 0 Å². The molecule has 0 heterocycles. The Morgan fingerprint density at radius 3 is 2.69 bits per heavy atom. The third-order valence-corrected chi connectivity index (χ3v) is 5.33. The van der Waals surface area contributed by atoms with Crippen molar-refractivity contribution in [2.24, 2.45) is 5.92 Å². The number of methoxy groups -OCH3 is 1. The molecule has 0 aromatic heterocycles. The summed E-state index contributed by atoms with van der Waals surface area (Å²) in [7, 11) is 1.51. The molecule has 1 saturated carbocycles. The van der Waals surface area contributed by atoms with E-state index in [0.29, 0.717) is 34.6 Å². The van der Waals surface area contributed by atoms with Crippen molar-refractivity contribution >= 4 is 29.6 Å². The normalized spacial score (nSPS) is 20.2. The topological polar surface area (TPSA) is 73.9 Å². The number of carbonyl (C=O) groups is 2. The number of benzene rings is 1. The summed E-state index contributed by atoms with van der Waals surface area (Å²) in [4.78, 5) is 24.5. The average molecular weight is 424 g/mol. The SMILES string of the molecule is CCOc1cc(/C=C/C(=O)O[C@@H](C)C(=O)N[C@@H]2CCCC[C@@H]2C)cc(Cl)c1OC. The van der Waals surface area contributed by atoms with Gasteiger partial charge in [0, 0.05) is 12.1 Å². The van der Waals surface area contributed by atoms with Crippen LogP contribution in [0.4, 0.5) is 0 Å². The van der Waals surface area contributed by atoms with Gasteiger partial charge >= 0.3 is 5.97 Å². The number of hydrogen-bond donors (Lipinski definition) is 1. The van der Waals surface area contributed by atoms with Crippen LogP contribution in [0.15, 0.2) is 18.2 Å². The van der Waals surface area contributed by atoms with Crippen molar-refractivity contribution in [2.75, 3.05) is 13.7 Å². The maximum absolute atomic E-state index is 12.3. The Kier molecular flexibility index (Phi) is 8.83. The third kappa shape index (κ3) is 6.67. The Hall–Kier alpha value is -2.21. The second kappa shape index (κ2) is 11.1. The second-order valence-electron chi connectivity index (χ2n) is 7.26. The van der Waals surface area contributed by atoms with E-state index >= 15 is 0 Å². The van der Waals surface area contributed by atoms with Crippen LogP contribution >= 0.6 is 11.6 Å². The number of rotatable bonds is 8. The summed E-state index contributed by atoms with van der Waals surface area (Å²) in [6.07, 6.45) is 6.35. The van der Waals surface area contributed by atoms with Gasteiger partial charge in [0.1, 0.15) is 0 Å². The lowest BCUT2D eigenvalue weighted by molar-refractivity contribution is -0.150. The van der Waals surface area contributed by atoms with E-state index in [1.165, 1.54) is 19.6 Å². The molecular weight excluding hydrogens is 394 g/mol. The summed E-state index contributed by atoms with van der Waals surface area (Å²) < 4.78 is 16.0. The van der Waals surface area contributed by atoms with Crippen molar-refractivity contribution in [3.8, 4) is 11.5 Å². The van der Waals surface area contributed by atoms with Gasteiger partial charge in [-0.25, -0.2) is 4.79 Å². The summed E-state index contributed by atoms with van der Waals surface area (Å²) in [5.74, 6) is 0.501. The molecule has 1 aromatic rings. The molecule has 0 radical (unpaired) electrons. The van der Waals surface area contributed by atoms with Crippen LogP contribution in [0.5, 0.6) is 11.5 Å². The van der Waals surface area contributed by atoms with Gasteiger partial charge in [-0.3, -0.25) is 4.79 Å². The van der Waals surface area contributed by atoms with E-state index in [2.05, 4.69) is 12.2 Å². The molecule has 0 saturated heterocycles. The zero-order valence-electron chi connectivity index (χ0n) is 17.5. The molecule has 1 aromatic carbocycles. The molecule has 1 aliphatic rings. The first-order valence-corrected chi connectivity index (χ1v) is 10.4. The van der Waals surface area contributed by atoms with Crippen molar-refractivity contribution < 1.29 is 23.8 Å². The van der Waals surface area contributed by atoms with E-state index in [1.54, 1.807) is 25.1 Å². The maximum atomic E-state index is 12.3. The van der Waals surface area contributed by atoms with E-state index in [4.69, 9.17) is 25.8 Å². The minimum Gasteiger partial charge on any atom is -0.491 e. The molecule has 0 aliphatic heterocycles. The van der Waals surface area contributed by atoms with E-state index in [9.17, 15) is 9.59 Å². The highest BCUT2D eigenvalue weighted by molar-refractivity contribution is 6.32. The lowest BCUT2D eigenvalue weighted by Gasteiger charge is -2.30. The molecule has 6 nitrogen and oxygen atoms in total. The summed E-state index contributed by atoms with van der Waals surface area (Å²) in [6.45, 7) is 6.02. The Bertz CT molecular complexity index is 749. The monoisotopic (exact) mass is 423 g/mol. The molecule has 160 valence electrons. The van der Waals surface area contributed by atoms with Gasteiger partial charge in [0.2, 0.25) is 0 Å². The van der Waals surface area contributed by atoms with Crippen LogP contribution in [-0.2, 0) is 14.3 Å². The van der Waals surface area contributed by atoms with Gasteiger partial charge < -0.3 is 19.5 Å². The number of nitrogens with one attached hydrogen (secondary N) is 1. The number of hydrogen-bond acceptors (Lipinski definition) is 5. The van der Waals surface area contributed by atoms with Crippen molar-refractivity contribution in [2.45, 2.75) is 58.6 Å². The van der Waals surface area contributed by atoms with Crippen LogP contribution in [0, 0.1) is 5.92 Å². The predicted molar refractivity (Wildman–Crippen MR) is 113 cm³/mol. The number of carbonyl (C=O) groups excluding carboxylic acids is 2. The number of esters is 1. The van der Waals surface area contributed by atoms with Crippen molar-refractivity contribution in [1.29, 1.82) is 0 Å². The van der Waals surface area contributed by atoms with E-state index in [-0.39, 0.29) is 11.9 Å². The molecule has 7 heteroatoms. The zero-order valence-corrected chi connectivity index (χ0v) is 18.3. The van der Waals surface area contributed by atoms with Gasteiger partial charge in [-0.15, -0.1) is 0 Å². The molecule has 29 heavy (non-hydrogen) atoms. The van der Waals surface area contributed by atoms with Crippen molar-refractivity contribution in [3.63, 3.8) is 0 Å². The highest BCUT2D eigenvalue weighted by Gasteiger charge is 2.26. The van der Waals surface area contributed by atoms with Gasteiger partial charge in [-0.05, 0) is 56.4 Å². The molecule has 1 amide bonds. The minimum atomic E-state index is -0.861. The van der Waals surface area contributed by atoms with Gasteiger partial charge in [0.25, 0.3) is 5.91 Å². The fraction of sp³-hybridized carbons (Fsp3) is 0.545. The molecule has 2 rings (SSSR count). The average Bonchev–Trinajstić information content (AvgIpc) is 2.68. The first-order valence-electron chi connectivity index (χ1n) is 10.0. The summed E-state index contributed by atoms with van der Waals surface area (Å²) in [6, 6.07) is 3.53. The van der Waals surface area contributed by atoms with E-state index < -0.39 is 12.1 Å². The second-order valence-corrected chi connectivity index (χ2v) is 7.66. The molecule has 3 atom stereocenters. The van der Waals surface area contributed by atoms with Crippen molar-refractivity contribution in [3.05, 3.63) is 28.8 Å². The van der Waals surface area contributed by atoms with Crippen molar-refractivity contribution in [1.82, 2.24) is 5.32 Å². The fourth-order valence-electron chi connectivity index (χ4n) is 3.41. The summed E-state index contributed by atoms with van der Waals surface area (Å²) in [5.41, 5.74) is 0.657. The van der Waals surface area contributed by atoms with Gasteiger partial charge in [-0.1, -0.05) is 31.4 Å². The lowest BCUT2D eigenvalue weighted by Crippen LogP contribution is -2.45. The highest BCUT2D eigenvalue weighted by atomic mass is 35.5. The largest absolute Gasteiger partial charge is 0.491 e. The Balaban J connectivity index is 1.95. The van der Waals surface area contributed by atoms with Crippen LogP contribution in [0.2, 0.25) is 5.02 Å². The number of halogens is 1. The Labute approximate surface area is 177 Å². The third-order valence-electron chi connectivity index (χ3n) is 5.05. The predicted octanol–water partition coefficient (Wildman–Crippen LogP) is 4.39. The van der Waals surface area contributed by atoms with Crippen LogP contribution in [0.25, 0.3) is 6.08 Å². The number of ether oxygens (including phenoxy) is 3. The maximum Gasteiger partial charge on any atom is 0.331 e. The lowest BCUT2D eigenvalue weighted by atomic mass is 9.86. The summed E-state index contributed by atoms with van der Waals surface area (Å²) in [5, 5.41) is 3.38. The Morgan fingerprint density at radius 1 is 1.31 bits per heavy atom. The van der Waals surface area contributed by atoms with Gasteiger partial charge in [0.05, 0.1) is 18.7 Å². The van der Waals surface area contributed by atoms with Crippen LogP contribution in [-0.4, -0.2) is 37.7 Å². The molecule has 1 N–H and O–H groups in total. The quantitative estimate of drug-likeness (QED) is 0.496. The molecule has 1 aliphatic carbocycles. The zero-order chi connectivity index (χ0) is 21.4. The molecule has 0 unspecified atom stereocenters. The van der Waals surface area contributed by atoms with E-state index in [1.807, 2.05) is 6.92 Å². The fourth-order valence-corrected chi connectivity index (χ4v) is 3.70. The van der Waals surface area contributed by atoms with Gasteiger partial charge in [-0.2, -0.15) is 0 Å². The first-order chi connectivity index (χ1) is 13.8.